The first-order valence-corrected chi connectivity index (χ1v) is 6.17. The summed E-state index contributed by atoms with van der Waals surface area (Å²) in [5.74, 6) is 0.168. The molecule has 0 aliphatic carbocycles. The minimum Gasteiger partial charge on any atom is -0.325 e. The summed E-state index contributed by atoms with van der Waals surface area (Å²) in [6, 6.07) is 4.41. The van der Waals surface area contributed by atoms with Gasteiger partial charge in [-0.1, -0.05) is 37.0 Å². The molecule has 0 bridgehead atoms. The molecule has 1 atom stereocenters. The number of nitrogens with two attached hydrogens (primary N) is 1. The Morgan fingerprint density at radius 1 is 1.35 bits per heavy atom. The quantitative estimate of drug-likeness (QED) is 0.885. The summed E-state index contributed by atoms with van der Waals surface area (Å²) in [6.07, 6.45) is 0.646. The Hall–Kier alpha value is -0.770. The Morgan fingerprint density at radius 3 is 2.53 bits per heavy atom. The highest BCUT2D eigenvalue weighted by molar-refractivity contribution is 6.42. The Bertz CT molecular complexity index is 407. The van der Waals surface area contributed by atoms with Gasteiger partial charge in [0.15, 0.2) is 0 Å². The van der Waals surface area contributed by atoms with E-state index in [1.165, 1.54) is 0 Å². The highest BCUT2D eigenvalue weighted by Crippen LogP contribution is 2.25. The standard InChI is InChI=1S/C12H16Cl2N2O/c1-7(2)5-11(15)12(17)16-8-3-4-9(13)10(14)6-8/h3-4,6-7,11H,5,15H2,1-2H3,(H,16,17)/t11-/m0/s1. The molecule has 0 aliphatic heterocycles. The lowest BCUT2D eigenvalue weighted by Gasteiger charge is -2.14. The lowest BCUT2D eigenvalue weighted by Crippen LogP contribution is -2.36. The number of rotatable bonds is 4. The van der Waals surface area contributed by atoms with E-state index in [0.29, 0.717) is 28.1 Å². The molecule has 1 aromatic carbocycles. The van der Waals surface area contributed by atoms with Gasteiger partial charge >= 0.3 is 0 Å². The van der Waals surface area contributed by atoms with E-state index in [1.54, 1.807) is 18.2 Å². The molecule has 0 unspecified atom stereocenters. The highest BCUT2D eigenvalue weighted by Gasteiger charge is 2.15. The molecule has 0 heterocycles. The summed E-state index contributed by atoms with van der Waals surface area (Å²) in [5.41, 5.74) is 6.36. The van der Waals surface area contributed by atoms with Crippen molar-refractivity contribution < 1.29 is 4.79 Å². The molecule has 17 heavy (non-hydrogen) atoms. The van der Waals surface area contributed by atoms with Gasteiger partial charge in [0.1, 0.15) is 0 Å². The van der Waals surface area contributed by atoms with E-state index in [2.05, 4.69) is 5.32 Å². The van der Waals surface area contributed by atoms with Gasteiger partial charge in [0.2, 0.25) is 5.91 Å². The topological polar surface area (TPSA) is 55.1 Å². The maximum absolute atomic E-state index is 11.7. The monoisotopic (exact) mass is 274 g/mol. The Balaban J connectivity index is 2.64. The van der Waals surface area contributed by atoms with Crippen LogP contribution in [0.25, 0.3) is 0 Å². The number of hydrogen-bond acceptors (Lipinski definition) is 2. The van der Waals surface area contributed by atoms with E-state index < -0.39 is 6.04 Å². The molecular formula is C12H16Cl2N2O. The van der Waals surface area contributed by atoms with E-state index >= 15 is 0 Å². The maximum atomic E-state index is 11.7. The van der Waals surface area contributed by atoms with Crippen LogP contribution >= 0.6 is 23.2 Å². The second kappa shape index (κ2) is 6.24. The lowest BCUT2D eigenvalue weighted by molar-refractivity contribution is -0.117. The second-order valence-corrected chi connectivity index (χ2v) is 5.17. The number of benzene rings is 1. The maximum Gasteiger partial charge on any atom is 0.241 e. The molecule has 5 heteroatoms. The molecule has 1 amide bonds. The SMILES string of the molecule is CC(C)C[C@H](N)C(=O)Nc1ccc(Cl)c(Cl)c1. The number of anilines is 1. The van der Waals surface area contributed by atoms with Gasteiger partial charge in [0.05, 0.1) is 16.1 Å². The lowest BCUT2D eigenvalue weighted by atomic mass is 10.0. The summed E-state index contributed by atoms with van der Waals surface area (Å²) in [6.45, 7) is 4.04. The van der Waals surface area contributed by atoms with Crippen LogP contribution in [0, 0.1) is 5.92 Å². The van der Waals surface area contributed by atoms with E-state index in [0.717, 1.165) is 0 Å². The molecule has 0 aliphatic rings. The summed E-state index contributed by atoms with van der Waals surface area (Å²) in [7, 11) is 0. The van der Waals surface area contributed by atoms with Crippen LogP contribution in [-0.4, -0.2) is 11.9 Å². The normalized spacial score (nSPS) is 12.6. The van der Waals surface area contributed by atoms with Crippen molar-refractivity contribution in [1.29, 1.82) is 0 Å². The minimum absolute atomic E-state index is 0.211. The fraction of sp³-hybridized carbons (Fsp3) is 0.417. The summed E-state index contributed by atoms with van der Waals surface area (Å²) >= 11 is 11.6. The van der Waals surface area contributed by atoms with Gasteiger partial charge in [-0.05, 0) is 30.5 Å². The van der Waals surface area contributed by atoms with Crippen molar-refractivity contribution in [3.05, 3.63) is 28.2 Å². The number of carbonyl (C=O) groups is 1. The van der Waals surface area contributed by atoms with Crippen LogP contribution in [0.5, 0.6) is 0 Å². The third-order valence-electron chi connectivity index (χ3n) is 2.25. The molecule has 0 radical (unpaired) electrons. The van der Waals surface area contributed by atoms with Crippen molar-refractivity contribution in [2.24, 2.45) is 11.7 Å². The molecule has 1 rings (SSSR count). The Kier molecular flexibility index (Phi) is 5.25. The highest BCUT2D eigenvalue weighted by atomic mass is 35.5. The van der Waals surface area contributed by atoms with Gasteiger partial charge in [-0.25, -0.2) is 0 Å². The smallest absolute Gasteiger partial charge is 0.241 e. The van der Waals surface area contributed by atoms with Gasteiger partial charge in [-0.15, -0.1) is 0 Å². The largest absolute Gasteiger partial charge is 0.325 e. The average molecular weight is 275 g/mol. The molecule has 0 fully saturated rings. The van der Waals surface area contributed by atoms with E-state index in [-0.39, 0.29) is 5.91 Å². The van der Waals surface area contributed by atoms with Crippen LogP contribution in [0.1, 0.15) is 20.3 Å². The number of nitrogens with one attached hydrogen (secondary N) is 1. The first-order chi connectivity index (χ1) is 7.90. The second-order valence-electron chi connectivity index (χ2n) is 4.35. The number of carbonyl (C=O) groups excluding carboxylic acids is 1. The van der Waals surface area contributed by atoms with Crippen LogP contribution in [0.15, 0.2) is 18.2 Å². The summed E-state index contributed by atoms with van der Waals surface area (Å²) < 4.78 is 0. The third kappa shape index (κ3) is 4.54. The number of amides is 1. The van der Waals surface area contributed by atoms with Crippen molar-refractivity contribution in [3.8, 4) is 0 Å². The van der Waals surface area contributed by atoms with Crippen molar-refractivity contribution >= 4 is 34.8 Å². The third-order valence-corrected chi connectivity index (χ3v) is 2.99. The number of halogens is 2. The predicted octanol–water partition coefficient (Wildman–Crippen LogP) is 3.31. The van der Waals surface area contributed by atoms with Gasteiger partial charge < -0.3 is 11.1 Å². The zero-order chi connectivity index (χ0) is 13.0. The van der Waals surface area contributed by atoms with Crippen LogP contribution in [0.4, 0.5) is 5.69 Å². The summed E-state index contributed by atoms with van der Waals surface area (Å²) in [5, 5.41) is 3.57. The zero-order valence-corrected chi connectivity index (χ0v) is 11.3. The van der Waals surface area contributed by atoms with Gasteiger partial charge in [-0.2, -0.15) is 0 Å². The van der Waals surface area contributed by atoms with Crippen LogP contribution < -0.4 is 11.1 Å². The molecule has 1 aromatic rings. The first kappa shape index (κ1) is 14.3. The van der Waals surface area contributed by atoms with Crippen molar-refractivity contribution in [3.63, 3.8) is 0 Å². The molecule has 3 nitrogen and oxygen atoms in total. The van der Waals surface area contributed by atoms with E-state index in [1.807, 2.05) is 13.8 Å². The van der Waals surface area contributed by atoms with Crippen LogP contribution in [0.2, 0.25) is 10.0 Å². The van der Waals surface area contributed by atoms with Crippen molar-refractivity contribution in [2.45, 2.75) is 26.3 Å². The molecule has 0 aromatic heterocycles. The number of hydrogen-bond donors (Lipinski definition) is 2. The Morgan fingerprint density at radius 2 is 2.00 bits per heavy atom. The molecular weight excluding hydrogens is 259 g/mol. The molecule has 94 valence electrons. The van der Waals surface area contributed by atoms with E-state index in [4.69, 9.17) is 28.9 Å². The molecule has 3 N–H and O–H groups in total. The first-order valence-electron chi connectivity index (χ1n) is 5.41. The fourth-order valence-electron chi connectivity index (χ4n) is 1.42. The van der Waals surface area contributed by atoms with Crippen LogP contribution in [0.3, 0.4) is 0 Å². The van der Waals surface area contributed by atoms with Crippen LogP contribution in [-0.2, 0) is 4.79 Å². The average Bonchev–Trinajstić information content (AvgIpc) is 2.22. The molecule has 0 spiro atoms. The molecule has 0 saturated heterocycles. The van der Waals surface area contributed by atoms with Crippen molar-refractivity contribution in [2.75, 3.05) is 5.32 Å². The van der Waals surface area contributed by atoms with Gasteiger partial charge in [0.25, 0.3) is 0 Å². The molecule has 0 saturated carbocycles. The summed E-state index contributed by atoms with van der Waals surface area (Å²) in [4.78, 5) is 11.7. The minimum atomic E-state index is -0.510. The fourth-order valence-corrected chi connectivity index (χ4v) is 1.72. The van der Waals surface area contributed by atoms with Gasteiger partial charge in [-0.3, -0.25) is 4.79 Å². The zero-order valence-electron chi connectivity index (χ0n) is 9.84. The Labute approximate surface area is 111 Å². The van der Waals surface area contributed by atoms with E-state index in [9.17, 15) is 4.79 Å². The van der Waals surface area contributed by atoms with Gasteiger partial charge in [0, 0.05) is 5.69 Å². The van der Waals surface area contributed by atoms with Crippen molar-refractivity contribution in [1.82, 2.24) is 0 Å². The predicted molar refractivity (Wildman–Crippen MR) is 72.5 cm³/mol.